The van der Waals surface area contributed by atoms with Crippen molar-refractivity contribution in [1.29, 1.82) is 0 Å². The van der Waals surface area contributed by atoms with Crippen LogP contribution in [0.5, 0.6) is 5.88 Å². The van der Waals surface area contributed by atoms with Gasteiger partial charge in [-0.1, -0.05) is 6.92 Å². The van der Waals surface area contributed by atoms with Crippen LogP contribution < -0.4 is 4.74 Å². The zero-order chi connectivity index (χ0) is 10.4. The minimum atomic E-state index is -0.762. The van der Waals surface area contributed by atoms with Gasteiger partial charge in [0.25, 0.3) is 0 Å². The number of aromatic nitrogens is 1. The zero-order valence-corrected chi connectivity index (χ0v) is 9.52. The van der Waals surface area contributed by atoms with E-state index in [4.69, 9.17) is 4.74 Å². The van der Waals surface area contributed by atoms with E-state index in [1.165, 1.54) is 11.5 Å². The first-order valence-electron chi connectivity index (χ1n) is 4.73. The summed E-state index contributed by atoms with van der Waals surface area (Å²) >= 11 is 1.32. The highest BCUT2D eigenvalue weighted by molar-refractivity contribution is 7.06. The molecule has 1 aliphatic rings. The summed E-state index contributed by atoms with van der Waals surface area (Å²) in [5.74, 6) is 0.592. The van der Waals surface area contributed by atoms with Gasteiger partial charge in [-0.05, 0) is 31.3 Å². The van der Waals surface area contributed by atoms with Crippen LogP contribution in [0.1, 0.15) is 31.6 Å². The van der Waals surface area contributed by atoms with Gasteiger partial charge < -0.3 is 9.84 Å². The summed E-state index contributed by atoms with van der Waals surface area (Å²) in [6, 6.07) is 1.83. The van der Waals surface area contributed by atoms with Crippen molar-refractivity contribution in [3.63, 3.8) is 0 Å². The predicted octanol–water partition coefficient (Wildman–Crippen LogP) is 2.16. The highest BCUT2D eigenvalue weighted by atomic mass is 32.1. The van der Waals surface area contributed by atoms with E-state index in [9.17, 15) is 5.11 Å². The molecule has 0 aliphatic heterocycles. The molecule has 4 heteroatoms. The molecule has 14 heavy (non-hydrogen) atoms. The Morgan fingerprint density at radius 3 is 2.71 bits per heavy atom. The number of methoxy groups -OCH3 is 1. The van der Waals surface area contributed by atoms with Crippen molar-refractivity contribution in [3.8, 4) is 5.88 Å². The van der Waals surface area contributed by atoms with Crippen LogP contribution in [-0.2, 0) is 5.60 Å². The lowest BCUT2D eigenvalue weighted by atomic mass is 9.86. The average Bonchev–Trinajstić information content (AvgIpc) is 2.73. The zero-order valence-electron chi connectivity index (χ0n) is 8.70. The van der Waals surface area contributed by atoms with E-state index in [1.54, 1.807) is 7.11 Å². The molecule has 0 amide bonds. The minimum absolute atomic E-state index is 0.0323. The molecule has 1 unspecified atom stereocenters. The van der Waals surface area contributed by atoms with Crippen LogP contribution in [0, 0.1) is 5.41 Å². The molecule has 1 N–H and O–H groups in total. The van der Waals surface area contributed by atoms with Crippen LogP contribution in [0.3, 0.4) is 0 Å². The largest absolute Gasteiger partial charge is 0.480 e. The van der Waals surface area contributed by atoms with Crippen molar-refractivity contribution in [2.75, 3.05) is 7.11 Å². The first-order chi connectivity index (χ1) is 6.49. The maximum Gasteiger partial charge on any atom is 0.225 e. The Kier molecular flexibility index (Phi) is 2.08. The standard InChI is InChI=1S/C10H15NO2S/c1-9(4-5-9)10(2,12)7-6-8(13-3)11-14-7/h6,12H,4-5H2,1-3H3. The van der Waals surface area contributed by atoms with E-state index in [-0.39, 0.29) is 5.41 Å². The molecule has 1 fully saturated rings. The van der Waals surface area contributed by atoms with Crippen LogP contribution in [0.4, 0.5) is 0 Å². The number of nitrogens with zero attached hydrogens (tertiary/aromatic N) is 1. The fourth-order valence-corrected chi connectivity index (χ4v) is 2.45. The van der Waals surface area contributed by atoms with Gasteiger partial charge in [0.05, 0.1) is 12.0 Å². The molecule has 1 aliphatic carbocycles. The van der Waals surface area contributed by atoms with E-state index in [0.717, 1.165) is 17.7 Å². The number of ether oxygens (including phenoxy) is 1. The molecule has 1 aromatic heterocycles. The van der Waals surface area contributed by atoms with E-state index in [2.05, 4.69) is 11.3 Å². The number of aliphatic hydroxyl groups is 1. The van der Waals surface area contributed by atoms with Gasteiger partial charge in [0.1, 0.15) is 5.60 Å². The van der Waals surface area contributed by atoms with Gasteiger partial charge in [0, 0.05) is 11.5 Å². The van der Waals surface area contributed by atoms with Crippen LogP contribution in [-0.4, -0.2) is 16.6 Å². The van der Waals surface area contributed by atoms with Crippen LogP contribution in [0.25, 0.3) is 0 Å². The molecule has 0 saturated heterocycles. The second-order valence-electron chi connectivity index (χ2n) is 4.37. The molecule has 1 aromatic rings. The van der Waals surface area contributed by atoms with Gasteiger partial charge in [-0.2, -0.15) is 4.37 Å². The third-order valence-electron chi connectivity index (χ3n) is 3.35. The van der Waals surface area contributed by atoms with Gasteiger partial charge in [0.15, 0.2) is 0 Å². The molecule has 2 rings (SSSR count). The van der Waals surface area contributed by atoms with Crippen LogP contribution in [0.2, 0.25) is 0 Å². The second-order valence-corrected chi connectivity index (χ2v) is 5.17. The maximum atomic E-state index is 10.4. The molecule has 1 atom stereocenters. The summed E-state index contributed by atoms with van der Waals surface area (Å²) in [6.07, 6.45) is 2.17. The highest BCUT2D eigenvalue weighted by Crippen LogP contribution is 2.58. The second kappa shape index (κ2) is 2.94. The molecule has 0 aromatic carbocycles. The average molecular weight is 213 g/mol. The maximum absolute atomic E-state index is 10.4. The minimum Gasteiger partial charge on any atom is -0.480 e. The monoisotopic (exact) mass is 213 g/mol. The normalized spacial score (nSPS) is 22.9. The summed E-state index contributed by atoms with van der Waals surface area (Å²) in [6.45, 7) is 3.98. The highest BCUT2D eigenvalue weighted by Gasteiger charge is 2.54. The van der Waals surface area contributed by atoms with Crippen molar-refractivity contribution in [2.45, 2.75) is 32.3 Å². The summed E-state index contributed by atoms with van der Waals surface area (Å²) in [4.78, 5) is 0.898. The van der Waals surface area contributed by atoms with E-state index in [1.807, 2.05) is 13.0 Å². The molecule has 3 nitrogen and oxygen atoms in total. The Morgan fingerprint density at radius 1 is 1.64 bits per heavy atom. The van der Waals surface area contributed by atoms with Crippen molar-refractivity contribution in [3.05, 3.63) is 10.9 Å². The number of hydrogen-bond acceptors (Lipinski definition) is 4. The fourth-order valence-electron chi connectivity index (χ4n) is 1.56. The molecular weight excluding hydrogens is 198 g/mol. The fraction of sp³-hybridized carbons (Fsp3) is 0.700. The number of hydrogen-bond donors (Lipinski definition) is 1. The summed E-state index contributed by atoms with van der Waals surface area (Å²) in [7, 11) is 1.59. The Bertz CT molecular complexity index is 342. The topological polar surface area (TPSA) is 42.4 Å². The first kappa shape index (κ1) is 9.93. The van der Waals surface area contributed by atoms with Crippen molar-refractivity contribution >= 4 is 11.5 Å². The van der Waals surface area contributed by atoms with Gasteiger partial charge in [0.2, 0.25) is 5.88 Å². The Hall–Kier alpha value is -0.610. The SMILES string of the molecule is COc1cc(C(C)(O)C2(C)CC2)sn1. The lowest BCUT2D eigenvalue weighted by molar-refractivity contribution is -0.00925. The number of rotatable bonds is 3. The van der Waals surface area contributed by atoms with Gasteiger partial charge in [-0.3, -0.25) is 0 Å². The molecule has 1 saturated carbocycles. The third kappa shape index (κ3) is 1.33. The summed E-state index contributed by atoms with van der Waals surface area (Å²) < 4.78 is 9.11. The lowest BCUT2D eigenvalue weighted by Gasteiger charge is -2.28. The molecule has 78 valence electrons. The predicted molar refractivity (Wildman–Crippen MR) is 55.6 cm³/mol. The molecule has 0 spiro atoms. The summed E-state index contributed by atoms with van der Waals surface area (Å²) in [5, 5.41) is 10.4. The van der Waals surface area contributed by atoms with Crippen molar-refractivity contribution < 1.29 is 9.84 Å². The smallest absolute Gasteiger partial charge is 0.225 e. The molecule has 1 heterocycles. The Labute approximate surface area is 87.9 Å². The van der Waals surface area contributed by atoms with Crippen LogP contribution >= 0.6 is 11.5 Å². The van der Waals surface area contributed by atoms with Crippen molar-refractivity contribution in [2.24, 2.45) is 5.41 Å². The molecular formula is C10H15NO2S. The molecule has 0 bridgehead atoms. The first-order valence-corrected chi connectivity index (χ1v) is 5.50. The van der Waals surface area contributed by atoms with Gasteiger partial charge >= 0.3 is 0 Å². The third-order valence-corrected chi connectivity index (χ3v) is 4.34. The quantitative estimate of drug-likeness (QED) is 0.836. The van der Waals surface area contributed by atoms with E-state index >= 15 is 0 Å². The van der Waals surface area contributed by atoms with E-state index in [0.29, 0.717) is 5.88 Å². The van der Waals surface area contributed by atoms with Crippen molar-refractivity contribution in [1.82, 2.24) is 4.37 Å². The lowest BCUT2D eigenvalue weighted by Crippen LogP contribution is -2.30. The van der Waals surface area contributed by atoms with E-state index < -0.39 is 5.60 Å². The van der Waals surface area contributed by atoms with Gasteiger partial charge in [-0.15, -0.1) is 0 Å². The summed E-state index contributed by atoms with van der Waals surface area (Å²) in [5.41, 5.74) is -0.730. The Morgan fingerprint density at radius 2 is 2.29 bits per heavy atom. The van der Waals surface area contributed by atoms with Gasteiger partial charge in [-0.25, -0.2) is 0 Å². The molecule has 0 radical (unpaired) electrons. The Balaban J connectivity index is 2.29. The van der Waals surface area contributed by atoms with Crippen LogP contribution in [0.15, 0.2) is 6.07 Å².